The number of benzene rings is 1. The predicted octanol–water partition coefficient (Wildman–Crippen LogP) is 3.73. The van der Waals surface area contributed by atoms with Gasteiger partial charge in [0.15, 0.2) is 0 Å². The van der Waals surface area contributed by atoms with Gasteiger partial charge in [-0.3, -0.25) is 0 Å². The van der Waals surface area contributed by atoms with E-state index in [1.807, 2.05) is 17.4 Å². The molecule has 1 aromatic carbocycles. The third kappa shape index (κ3) is 3.34. The third-order valence-corrected chi connectivity index (χ3v) is 5.38. The van der Waals surface area contributed by atoms with Crippen LogP contribution in [0.15, 0.2) is 23.6 Å². The largest absolute Gasteiger partial charge is 0.304 e. The van der Waals surface area contributed by atoms with Crippen LogP contribution >= 0.6 is 22.9 Å². The molecule has 20 heavy (non-hydrogen) atoms. The van der Waals surface area contributed by atoms with Gasteiger partial charge >= 0.3 is 0 Å². The number of fused-ring (bicyclic) bond motifs is 1. The van der Waals surface area contributed by atoms with Gasteiger partial charge in [-0.05, 0) is 61.0 Å². The SMILES string of the molecule is CN1CCN(CCCc2csc3ccc(Cl)cc23)CC1. The molecule has 0 radical (unpaired) electrons. The quantitative estimate of drug-likeness (QED) is 0.849. The Morgan fingerprint density at radius 3 is 2.80 bits per heavy atom. The molecular formula is C16H21ClN2S. The number of hydrogen-bond acceptors (Lipinski definition) is 3. The average Bonchev–Trinajstić information content (AvgIpc) is 2.84. The van der Waals surface area contributed by atoms with E-state index in [-0.39, 0.29) is 0 Å². The lowest BCUT2D eigenvalue weighted by molar-refractivity contribution is 0.153. The van der Waals surface area contributed by atoms with Gasteiger partial charge in [0.25, 0.3) is 0 Å². The lowest BCUT2D eigenvalue weighted by Gasteiger charge is -2.32. The maximum absolute atomic E-state index is 6.11. The van der Waals surface area contributed by atoms with Crippen molar-refractivity contribution in [3.8, 4) is 0 Å². The highest BCUT2D eigenvalue weighted by Gasteiger charge is 2.13. The van der Waals surface area contributed by atoms with Crippen LogP contribution in [0, 0.1) is 0 Å². The number of likely N-dealkylation sites (N-methyl/N-ethyl adjacent to an activating group) is 1. The van der Waals surface area contributed by atoms with Crippen molar-refractivity contribution in [2.24, 2.45) is 0 Å². The molecule has 0 amide bonds. The summed E-state index contributed by atoms with van der Waals surface area (Å²) in [6.07, 6.45) is 2.40. The van der Waals surface area contributed by atoms with E-state index >= 15 is 0 Å². The molecule has 0 atom stereocenters. The molecule has 0 unspecified atom stereocenters. The minimum absolute atomic E-state index is 0.844. The fraction of sp³-hybridized carbons (Fsp3) is 0.500. The Morgan fingerprint density at radius 2 is 2.00 bits per heavy atom. The third-order valence-electron chi connectivity index (χ3n) is 4.13. The van der Waals surface area contributed by atoms with E-state index in [0.29, 0.717) is 0 Å². The summed E-state index contributed by atoms with van der Waals surface area (Å²) >= 11 is 7.94. The Bertz CT molecular complexity index is 573. The Hall–Kier alpha value is -0.610. The molecule has 108 valence electrons. The normalized spacial score (nSPS) is 17.9. The summed E-state index contributed by atoms with van der Waals surface area (Å²) in [4.78, 5) is 4.99. The van der Waals surface area contributed by atoms with Crippen molar-refractivity contribution < 1.29 is 0 Å². The molecular weight excluding hydrogens is 288 g/mol. The van der Waals surface area contributed by atoms with Gasteiger partial charge in [-0.25, -0.2) is 0 Å². The van der Waals surface area contributed by atoms with E-state index < -0.39 is 0 Å². The first-order valence-corrected chi connectivity index (χ1v) is 8.55. The van der Waals surface area contributed by atoms with E-state index in [0.717, 1.165) is 11.4 Å². The fourth-order valence-electron chi connectivity index (χ4n) is 2.81. The van der Waals surface area contributed by atoms with Gasteiger partial charge in [0.1, 0.15) is 0 Å². The zero-order valence-corrected chi connectivity index (χ0v) is 13.5. The fourth-order valence-corrected chi connectivity index (χ4v) is 3.96. The summed E-state index contributed by atoms with van der Waals surface area (Å²) in [7, 11) is 2.21. The number of rotatable bonds is 4. The molecule has 3 rings (SSSR count). The number of halogens is 1. The topological polar surface area (TPSA) is 6.48 Å². The van der Waals surface area contributed by atoms with Crippen LogP contribution in [0.1, 0.15) is 12.0 Å². The Balaban J connectivity index is 1.56. The second-order valence-electron chi connectivity index (χ2n) is 5.65. The lowest BCUT2D eigenvalue weighted by Crippen LogP contribution is -2.44. The molecule has 0 aliphatic carbocycles. The molecule has 2 nitrogen and oxygen atoms in total. The molecule has 1 fully saturated rings. The molecule has 0 N–H and O–H groups in total. The Morgan fingerprint density at radius 1 is 1.20 bits per heavy atom. The number of aryl methyl sites for hydroxylation is 1. The van der Waals surface area contributed by atoms with E-state index in [1.165, 1.54) is 54.8 Å². The van der Waals surface area contributed by atoms with Crippen LogP contribution in [-0.2, 0) is 6.42 Å². The Kier molecular flexibility index (Phi) is 4.61. The lowest BCUT2D eigenvalue weighted by atomic mass is 10.1. The van der Waals surface area contributed by atoms with Gasteiger partial charge in [-0.2, -0.15) is 0 Å². The molecule has 0 spiro atoms. The van der Waals surface area contributed by atoms with Crippen molar-refractivity contribution in [3.05, 3.63) is 34.2 Å². The maximum atomic E-state index is 6.11. The minimum Gasteiger partial charge on any atom is -0.304 e. The van der Waals surface area contributed by atoms with Crippen LogP contribution in [0.3, 0.4) is 0 Å². The summed E-state index contributed by atoms with van der Waals surface area (Å²) in [6, 6.07) is 6.22. The van der Waals surface area contributed by atoms with Crippen LogP contribution in [-0.4, -0.2) is 49.6 Å². The van der Waals surface area contributed by atoms with Gasteiger partial charge in [-0.1, -0.05) is 11.6 Å². The average molecular weight is 309 g/mol. The van der Waals surface area contributed by atoms with Crippen LogP contribution in [0.2, 0.25) is 5.02 Å². The Labute approximate surface area is 129 Å². The number of piperazine rings is 1. The minimum atomic E-state index is 0.844. The molecule has 2 heterocycles. The van der Waals surface area contributed by atoms with E-state index in [9.17, 15) is 0 Å². The van der Waals surface area contributed by atoms with Crippen molar-refractivity contribution >= 4 is 33.0 Å². The van der Waals surface area contributed by atoms with Gasteiger partial charge in [0.2, 0.25) is 0 Å². The monoisotopic (exact) mass is 308 g/mol. The van der Waals surface area contributed by atoms with Gasteiger partial charge < -0.3 is 9.80 Å². The van der Waals surface area contributed by atoms with Gasteiger partial charge in [0.05, 0.1) is 0 Å². The van der Waals surface area contributed by atoms with Crippen molar-refractivity contribution in [2.45, 2.75) is 12.8 Å². The zero-order chi connectivity index (χ0) is 13.9. The summed E-state index contributed by atoms with van der Waals surface area (Å²) in [5.41, 5.74) is 1.46. The van der Waals surface area contributed by atoms with Crippen LogP contribution in [0.25, 0.3) is 10.1 Å². The van der Waals surface area contributed by atoms with E-state index in [4.69, 9.17) is 11.6 Å². The highest BCUT2D eigenvalue weighted by molar-refractivity contribution is 7.17. The second kappa shape index (κ2) is 6.44. The molecule has 4 heteroatoms. The predicted molar refractivity (Wildman–Crippen MR) is 89.1 cm³/mol. The van der Waals surface area contributed by atoms with Crippen LogP contribution < -0.4 is 0 Å². The van der Waals surface area contributed by atoms with Crippen molar-refractivity contribution in [2.75, 3.05) is 39.8 Å². The molecule has 1 aliphatic heterocycles. The van der Waals surface area contributed by atoms with Gasteiger partial charge in [-0.15, -0.1) is 11.3 Å². The number of nitrogens with zero attached hydrogens (tertiary/aromatic N) is 2. The van der Waals surface area contributed by atoms with E-state index in [2.05, 4.69) is 34.4 Å². The molecule has 1 aliphatic rings. The highest BCUT2D eigenvalue weighted by Crippen LogP contribution is 2.29. The molecule has 1 saturated heterocycles. The smallest absolute Gasteiger partial charge is 0.0413 e. The summed E-state index contributed by atoms with van der Waals surface area (Å²) in [6.45, 7) is 6.05. The number of thiophene rings is 1. The highest BCUT2D eigenvalue weighted by atomic mass is 35.5. The van der Waals surface area contributed by atoms with Gasteiger partial charge in [0, 0.05) is 35.9 Å². The van der Waals surface area contributed by atoms with Crippen LogP contribution in [0.5, 0.6) is 0 Å². The first-order chi connectivity index (χ1) is 9.72. The number of hydrogen-bond donors (Lipinski definition) is 0. The molecule has 0 saturated carbocycles. The summed E-state index contributed by atoms with van der Waals surface area (Å²) < 4.78 is 1.35. The van der Waals surface area contributed by atoms with Crippen molar-refractivity contribution in [1.82, 2.24) is 9.80 Å². The molecule has 1 aromatic heterocycles. The summed E-state index contributed by atoms with van der Waals surface area (Å²) in [5.74, 6) is 0. The first kappa shape index (κ1) is 14.3. The van der Waals surface area contributed by atoms with E-state index in [1.54, 1.807) is 0 Å². The molecule has 0 bridgehead atoms. The first-order valence-electron chi connectivity index (χ1n) is 7.29. The van der Waals surface area contributed by atoms with Crippen molar-refractivity contribution in [3.63, 3.8) is 0 Å². The second-order valence-corrected chi connectivity index (χ2v) is 7.00. The molecule has 2 aromatic rings. The van der Waals surface area contributed by atoms with Crippen molar-refractivity contribution in [1.29, 1.82) is 0 Å². The standard InChI is InChI=1S/C16H21ClN2S/c1-18-7-9-19(10-8-18)6-2-3-13-12-20-16-5-4-14(17)11-15(13)16/h4-5,11-12H,2-3,6-10H2,1H3. The zero-order valence-electron chi connectivity index (χ0n) is 11.9. The van der Waals surface area contributed by atoms with Crippen LogP contribution in [0.4, 0.5) is 0 Å². The maximum Gasteiger partial charge on any atom is 0.0413 e. The summed E-state index contributed by atoms with van der Waals surface area (Å²) in [5, 5.41) is 4.49.